The second kappa shape index (κ2) is 6.93. The maximum atomic E-state index is 12.2. The Morgan fingerprint density at radius 2 is 2.20 bits per heavy atom. The van der Waals surface area contributed by atoms with Crippen LogP contribution in [0.3, 0.4) is 0 Å². The lowest BCUT2D eigenvalue weighted by atomic mass is 10.1. The number of aromatic nitrogens is 2. The van der Waals surface area contributed by atoms with Crippen molar-refractivity contribution in [1.82, 2.24) is 9.97 Å². The molecule has 2 rings (SSSR count). The van der Waals surface area contributed by atoms with Gasteiger partial charge in [0.2, 0.25) is 0 Å². The number of fused-ring (bicyclic) bond motifs is 1. The summed E-state index contributed by atoms with van der Waals surface area (Å²) in [6, 6.07) is 5.76. The van der Waals surface area contributed by atoms with Crippen molar-refractivity contribution in [1.29, 1.82) is 0 Å². The molecule has 20 heavy (non-hydrogen) atoms. The number of aromatic amines is 1. The molecule has 0 aliphatic rings. The fourth-order valence-corrected chi connectivity index (χ4v) is 2.90. The number of carbonyl (C=O) groups excluding carboxylic acids is 1. The van der Waals surface area contributed by atoms with Crippen molar-refractivity contribution in [3.05, 3.63) is 29.6 Å². The number of hydrogen-bond donors (Lipinski definition) is 1. The molecule has 0 unspecified atom stereocenters. The quantitative estimate of drug-likeness (QED) is 0.776. The van der Waals surface area contributed by atoms with Crippen LogP contribution in [0.25, 0.3) is 11.0 Å². The Hall–Kier alpha value is -1.29. The molecular weight excluding hydrogens is 268 g/mol. The summed E-state index contributed by atoms with van der Waals surface area (Å²) in [6.45, 7) is 6.44. The lowest BCUT2D eigenvalue weighted by Gasteiger charge is -2.04. The van der Waals surface area contributed by atoms with Crippen LogP contribution in [-0.4, -0.2) is 26.8 Å². The molecule has 0 atom stereocenters. The lowest BCUT2D eigenvalue weighted by Crippen LogP contribution is -2.02. The maximum Gasteiger partial charge on any atom is 0.163 e. The fraction of sp³-hybridized carbons (Fsp3) is 0.500. The van der Waals surface area contributed by atoms with Crippen LogP contribution in [0.2, 0.25) is 0 Å². The first-order chi connectivity index (χ1) is 9.60. The van der Waals surface area contributed by atoms with Crippen LogP contribution >= 0.6 is 11.8 Å². The Balaban J connectivity index is 2.08. The number of aryl methyl sites for hydroxylation is 1. The Labute approximate surface area is 124 Å². The van der Waals surface area contributed by atoms with E-state index in [2.05, 4.69) is 30.7 Å². The molecule has 2 aromatic rings. The topological polar surface area (TPSA) is 45.8 Å². The van der Waals surface area contributed by atoms with Gasteiger partial charge in [-0.3, -0.25) is 4.79 Å². The van der Waals surface area contributed by atoms with Crippen LogP contribution in [0.5, 0.6) is 0 Å². The summed E-state index contributed by atoms with van der Waals surface area (Å²) >= 11 is 1.83. The predicted molar refractivity (Wildman–Crippen MR) is 86.6 cm³/mol. The van der Waals surface area contributed by atoms with Crippen LogP contribution in [0, 0.1) is 0 Å². The van der Waals surface area contributed by atoms with Crippen molar-refractivity contribution in [2.75, 3.05) is 5.75 Å². The highest BCUT2D eigenvalue weighted by molar-refractivity contribution is 7.99. The number of rotatable bonds is 7. The standard InChI is InChI=1S/C16H22N2OS/c1-4-5-16-17-13-7-6-12(10-14(13)18-16)15(19)8-9-20-11(2)3/h6-7,10-11H,4-5,8-9H2,1-3H3,(H,17,18). The second-order valence-corrected chi connectivity index (χ2v) is 6.94. The highest BCUT2D eigenvalue weighted by Crippen LogP contribution is 2.17. The summed E-state index contributed by atoms with van der Waals surface area (Å²) in [7, 11) is 0. The molecule has 0 saturated heterocycles. The molecular formula is C16H22N2OS. The van der Waals surface area contributed by atoms with E-state index in [9.17, 15) is 4.79 Å². The first-order valence-corrected chi connectivity index (χ1v) is 8.28. The average Bonchev–Trinajstić information content (AvgIpc) is 2.79. The van der Waals surface area contributed by atoms with Gasteiger partial charge in [0.25, 0.3) is 0 Å². The molecule has 0 fully saturated rings. The van der Waals surface area contributed by atoms with E-state index in [1.54, 1.807) is 0 Å². The molecule has 3 nitrogen and oxygen atoms in total. The van der Waals surface area contributed by atoms with Gasteiger partial charge in [-0.2, -0.15) is 11.8 Å². The number of benzene rings is 1. The molecule has 1 N–H and O–H groups in total. The van der Waals surface area contributed by atoms with E-state index in [4.69, 9.17) is 0 Å². The first-order valence-electron chi connectivity index (χ1n) is 7.23. The molecule has 0 aliphatic carbocycles. The molecule has 0 amide bonds. The van der Waals surface area contributed by atoms with Crippen LogP contribution in [0.4, 0.5) is 0 Å². The van der Waals surface area contributed by atoms with Gasteiger partial charge in [0.05, 0.1) is 11.0 Å². The van der Waals surface area contributed by atoms with Crippen LogP contribution in [0.1, 0.15) is 49.8 Å². The van der Waals surface area contributed by atoms with Gasteiger partial charge in [-0.15, -0.1) is 0 Å². The summed E-state index contributed by atoms with van der Waals surface area (Å²) < 4.78 is 0. The normalized spacial score (nSPS) is 11.4. The third-order valence-electron chi connectivity index (χ3n) is 3.12. The zero-order chi connectivity index (χ0) is 14.5. The Kier molecular flexibility index (Phi) is 5.24. The predicted octanol–water partition coefficient (Wildman–Crippen LogP) is 4.23. The number of nitrogens with one attached hydrogen (secondary N) is 1. The molecule has 0 saturated carbocycles. The van der Waals surface area contributed by atoms with Crippen molar-refractivity contribution in [2.24, 2.45) is 0 Å². The minimum Gasteiger partial charge on any atom is -0.342 e. The minimum absolute atomic E-state index is 0.215. The molecule has 0 spiro atoms. The van der Waals surface area contributed by atoms with Crippen molar-refractivity contribution >= 4 is 28.6 Å². The summed E-state index contributed by atoms with van der Waals surface area (Å²) in [6.07, 6.45) is 2.62. The van der Waals surface area contributed by atoms with Crippen LogP contribution < -0.4 is 0 Å². The number of carbonyl (C=O) groups is 1. The molecule has 4 heteroatoms. The number of nitrogens with zero attached hydrogens (tertiary/aromatic N) is 1. The van der Waals surface area contributed by atoms with Crippen molar-refractivity contribution in [2.45, 2.75) is 45.3 Å². The summed E-state index contributed by atoms with van der Waals surface area (Å²) in [4.78, 5) is 20.0. The SMILES string of the molecule is CCCc1nc2ccc(C(=O)CCSC(C)C)cc2[nH]1. The number of Topliss-reactive ketones (excluding diaryl/α,β-unsaturated/α-hetero) is 1. The van der Waals surface area contributed by atoms with E-state index in [1.165, 1.54) is 0 Å². The summed E-state index contributed by atoms with van der Waals surface area (Å²) in [5.41, 5.74) is 2.70. The molecule has 1 aromatic carbocycles. The van der Waals surface area contributed by atoms with Gasteiger partial charge in [-0.1, -0.05) is 20.8 Å². The number of ketones is 1. The van der Waals surface area contributed by atoms with E-state index in [0.29, 0.717) is 11.7 Å². The first kappa shape index (κ1) is 15.1. The molecule has 0 bridgehead atoms. The molecule has 108 valence electrons. The highest BCUT2D eigenvalue weighted by atomic mass is 32.2. The van der Waals surface area contributed by atoms with Gasteiger partial charge in [0.15, 0.2) is 5.78 Å². The van der Waals surface area contributed by atoms with Crippen LogP contribution in [-0.2, 0) is 6.42 Å². The van der Waals surface area contributed by atoms with Gasteiger partial charge in [-0.05, 0) is 29.9 Å². The monoisotopic (exact) mass is 290 g/mol. The lowest BCUT2D eigenvalue weighted by molar-refractivity contribution is 0.0989. The Morgan fingerprint density at radius 3 is 2.90 bits per heavy atom. The highest BCUT2D eigenvalue weighted by Gasteiger charge is 2.09. The van der Waals surface area contributed by atoms with Gasteiger partial charge < -0.3 is 4.98 Å². The number of hydrogen-bond acceptors (Lipinski definition) is 3. The number of thioether (sulfide) groups is 1. The third kappa shape index (κ3) is 3.85. The van der Waals surface area contributed by atoms with E-state index in [1.807, 2.05) is 30.0 Å². The molecule has 0 aliphatic heterocycles. The van der Waals surface area contributed by atoms with E-state index < -0.39 is 0 Å². The Bertz CT molecular complexity index is 589. The smallest absolute Gasteiger partial charge is 0.163 e. The van der Waals surface area contributed by atoms with Gasteiger partial charge in [0.1, 0.15) is 5.82 Å². The second-order valence-electron chi connectivity index (χ2n) is 5.26. The summed E-state index contributed by atoms with van der Waals surface area (Å²) in [5, 5.41) is 0.578. The molecule has 1 heterocycles. The van der Waals surface area contributed by atoms with Gasteiger partial charge in [-0.25, -0.2) is 4.98 Å². The van der Waals surface area contributed by atoms with Gasteiger partial charge in [0, 0.05) is 24.2 Å². The van der Waals surface area contributed by atoms with Gasteiger partial charge >= 0.3 is 0 Å². The van der Waals surface area contributed by atoms with Crippen molar-refractivity contribution < 1.29 is 4.79 Å². The minimum atomic E-state index is 0.215. The zero-order valence-electron chi connectivity index (χ0n) is 12.4. The number of H-pyrrole nitrogens is 1. The molecule has 0 radical (unpaired) electrons. The van der Waals surface area contributed by atoms with Crippen LogP contribution in [0.15, 0.2) is 18.2 Å². The fourth-order valence-electron chi connectivity index (χ4n) is 2.12. The summed E-state index contributed by atoms with van der Waals surface area (Å²) in [5.74, 6) is 2.10. The van der Waals surface area contributed by atoms with Crippen molar-refractivity contribution in [3.63, 3.8) is 0 Å². The van der Waals surface area contributed by atoms with Crippen molar-refractivity contribution in [3.8, 4) is 0 Å². The van der Waals surface area contributed by atoms with E-state index >= 15 is 0 Å². The average molecular weight is 290 g/mol. The van der Waals surface area contributed by atoms with E-state index in [0.717, 1.165) is 41.0 Å². The Morgan fingerprint density at radius 1 is 1.40 bits per heavy atom. The molecule has 1 aromatic heterocycles. The number of imidazole rings is 1. The third-order valence-corrected chi connectivity index (χ3v) is 4.23. The maximum absolute atomic E-state index is 12.2. The largest absolute Gasteiger partial charge is 0.342 e. The zero-order valence-corrected chi connectivity index (χ0v) is 13.2. The van der Waals surface area contributed by atoms with E-state index in [-0.39, 0.29) is 5.78 Å².